The number of likely N-dealkylation sites (tertiary alicyclic amines) is 1. The summed E-state index contributed by atoms with van der Waals surface area (Å²) in [6.45, 7) is 1.30. The minimum atomic E-state index is -1.02. The van der Waals surface area contributed by atoms with Crippen molar-refractivity contribution < 1.29 is 18.4 Å². The molecule has 2 aliphatic rings. The zero-order chi connectivity index (χ0) is 19.0. The Hall–Kier alpha value is -2.91. The number of aromatic nitrogens is 4. The number of rotatable bonds is 3. The summed E-state index contributed by atoms with van der Waals surface area (Å²) >= 11 is 0. The lowest BCUT2D eigenvalue weighted by Gasteiger charge is -2.32. The van der Waals surface area contributed by atoms with E-state index in [0.717, 1.165) is 25.0 Å². The van der Waals surface area contributed by atoms with Crippen LogP contribution in [-0.2, 0) is 9.59 Å². The fourth-order valence-corrected chi connectivity index (χ4v) is 3.77. The van der Waals surface area contributed by atoms with Crippen molar-refractivity contribution in [3.05, 3.63) is 35.7 Å². The molecule has 27 heavy (non-hydrogen) atoms. The van der Waals surface area contributed by atoms with Gasteiger partial charge >= 0.3 is 0 Å². The van der Waals surface area contributed by atoms with Crippen LogP contribution in [0.4, 0.5) is 14.5 Å². The van der Waals surface area contributed by atoms with E-state index in [1.807, 2.05) is 0 Å². The first-order valence-corrected chi connectivity index (χ1v) is 8.83. The van der Waals surface area contributed by atoms with Gasteiger partial charge in [-0.05, 0) is 31.4 Å². The summed E-state index contributed by atoms with van der Waals surface area (Å²) < 4.78 is 26.6. The molecule has 0 spiro atoms. The predicted octanol–water partition coefficient (Wildman–Crippen LogP) is 1.24. The quantitative estimate of drug-likeness (QED) is 0.814. The van der Waals surface area contributed by atoms with Gasteiger partial charge in [-0.25, -0.2) is 8.78 Å². The lowest BCUT2D eigenvalue weighted by molar-refractivity contribution is -0.140. The summed E-state index contributed by atoms with van der Waals surface area (Å²) in [5.41, 5.74) is 0.262. The highest BCUT2D eigenvalue weighted by atomic mass is 19.2. The van der Waals surface area contributed by atoms with E-state index in [9.17, 15) is 18.4 Å². The average molecular weight is 376 g/mol. The van der Waals surface area contributed by atoms with Gasteiger partial charge in [-0.15, -0.1) is 10.2 Å². The molecule has 1 aromatic heterocycles. The van der Waals surface area contributed by atoms with Crippen molar-refractivity contribution in [1.29, 1.82) is 0 Å². The molecule has 0 bridgehead atoms. The van der Waals surface area contributed by atoms with Crippen molar-refractivity contribution in [2.75, 3.05) is 24.5 Å². The van der Waals surface area contributed by atoms with Crippen LogP contribution in [0.2, 0.25) is 0 Å². The Morgan fingerprint density at radius 3 is 2.78 bits per heavy atom. The summed E-state index contributed by atoms with van der Waals surface area (Å²) in [7, 11) is 0. The molecular formula is C17H18F2N6O2. The van der Waals surface area contributed by atoms with E-state index in [1.54, 1.807) is 4.90 Å². The summed E-state index contributed by atoms with van der Waals surface area (Å²) in [5, 5.41) is 13.9. The molecule has 4 rings (SSSR count). The van der Waals surface area contributed by atoms with E-state index in [2.05, 4.69) is 20.6 Å². The van der Waals surface area contributed by atoms with Gasteiger partial charge in [0, 0.05) is 37.3 Å². The molecule has 1 N–H and O–H groups in total. The van der Waals surface area contributed by atoms with Crippen LogP contribution in [0.3, 0.4) is 0 Å². The molecule has 0 aliphatic carbocycles. The summed E-state index contributed by atoms with van der Waals surface area (Å²) in [6, 6.07) is 3.30. The van der Waals surface area contributed by atoms with E-state index < -0.39 is 17.6 Å². The summed E-state index contributed by atoms with van der Waals surface area (Å²) in [5.74, 6) is -2.87. The van der Waals surface area contributed by atoms with E-state index >= 15 is 0 Å². The Morgan fingerprint density at radius 2 is 2.04 bits per heavy atom. The molecule has 3 heterocycles. The first-order valence-electron chi connectivity index (χ1n) is 8.83. The third-order valence-electron chi connectivity index (χ3n) is 5.18. The van der Waals surface area contributed by atoms with Crippen LogP contribution >= 0.6 is 0 Å². The number of amides is 2. The molecular weight excluding hydrogens is 358 g/mol. The average Bonchev–Trinajstić information content (AvgIpc) is 3.34. The number of halogens is 2. The molecule has 8 nitrogen and oxygen atoms in total. The molecule has 1 aromatic carbocycles. The maximum Gasteiger partial charge on any atom is 0.239 e. The second-order valence-electron chi connectivity index (χ2n) is 6.82. The second-order valence-corrected chi connectivity index (χ2v) is 6.82. The molecule has 2 fully saturated rings. The Labute approximate surface area is 153 Å². The van der Waals surface area contributed by atoms with E-state index in [-0.39, 0.29) is 23.4 Å². The first kappa shape index (κ1) is 17.5. The number of benzene rings is 1. The summed E-state index contributed by atoms with van der Waals surface area (Å²) in [6.07, 6.45) is 1.99. The van der Waals surface area contributed by atoms with Gasteiger partial charge in [0.05, 0.1) is 0 Å². The van der Waals surface area contributed by atoms with Crippen LogP contribution in [0.25, 0.3) is 0 Å². The number of hydrogen-bond donors (Lipinski definition) is 1. The fourth-order valence-electron chi connectivity index (χ4n) is 3.77. The number of hydrogen-bond acceptors (Lipinski definition) is 5. The monoisotopic (exact) mass is 376 g/mol. The number of carbonyl (C=O) groups is 2. The maximum atomic E-state index is 13.5. The maximum absolute atomic E-state index is 13.5. The van der Waals surface area contributed by atoms with Gasteiger partial charge in [0.15, 0.2) is 17.5 Å². The zero-order valence-electron chi connectivity index (χ0n) is 14.4. The van der Waals surface area contributed by atoms with Gasteiger partial charge in [0.25, 0.3) is 0 Å². The fraction of sp³-hybridized carbons (Fsp3) is 0.471. The third kappa shape index (κ3) is 3.26. The SMILES string of the molecule is O=C(C1CCN(c2ccc(F)c(F)c2)C1=O)N1CCCC(c2nn[nH]n2)C1. The van der Waals surface area contributed by atoms with Gasteiger partial charge < -0.3 is 9.80 Å². The third-order valence-corrected chi connectivity index (χ3v) is 5.18. The molecule has 0 radical (unpaired) electrons. The Kier molecular flexibility index (Phi) is 4.54. The van der Waals surface area contributed by atoms with Crippen molar-refractivity contribution in [3.8, 4) is 0 Å². The van der Waals surface area contributed by atoms with Gasteiger partial charge in [-0.1, -0.05) is 5.21 Å². The number of anilines is 1. The first-order chi connectivity index (χ1) is 13.0. The number of nitrogens with one attached hydrogen (secondary N) is 1. The van der Waals surface area contributed by atoms with Crippen LogP contribution in [-0.4, -0.2) is 57.0 Å². The predicted molar refractivity (Wildman–Crippen MR) is 89.6 cm³/mol. The molecule has 2 saturated heterocycles. The highest BCUT2D eigenvalue weighted by molar-refractivity contribution is 6.09. The zero-order valence-corrected chi connectivity index (χ0v) is 14.4. The highest BCUT2D eigenvalue weighted by Gasteiger charge is 2.41. The Bertz CT molecular complexity index is 859. The molecule has 2 aromatic rings. The number of H-pyrrole nitrogens is 1. The van der Waals surface area contributed by atoms with Crippen LogP contribution in [0.1, 0.15) is 31.0 Å². The van der Waals surface area contributed by atoms with Crippen molar-refractivity contribution >= 4 is 17.5 Å². The number of aromatic amines is 1. The minimum Gasteiger partial charge on any atom is -0.341 e. The van der Waals surface area contributed by atoms with Crippen LogP contribution in [0, 0.1) is 17.6 Å². The second kappa shape index (κ2) is 7.01. The lowest BCUT2D eigenvalue weighted by atomic mass is 9.95. The van der Waals surface area contributed by atoms with Crippen LogP contribution in [0.5, 0.6) is 0 Å². The smallest absolute Gasteiger partial charge is 0.239 e. The number of tetrazole rings is 1. The van der Waals surface area contributed by atoms with Crippen LogP contribution < -0.4 is 4.90 Å². The van der Waals surface area contributed by atoms with E-state index in [1.165, 1.54) is 11.0 Å². The van der Waals surface area contributed by atoms with Gasteiger partial charge in [-0.2, -0.15) is 5.21 Å². The van der Waals surface area contributed by atoms with Crippen molar-refractivity contribution in [3.63, 3.8) is 0 Å². The molecule has 0 saturated carbocycles. The van der Waals surface area contributed by atoms with Crippen molar-refractivity contribution in [2.45, 2.75) is 25.2 Å². The van der Waals surface area contributed by atoms with Gasteiger partial charge in [-0.3, -0.25) is 9.59 Å². The number of carbonyl (C=O) groups excluding carboxylic acids is 2. The standard InChI is InChI=1S/C17H18F2N6O2/c18-13-4-3-11(8-14(13)19)25-7-5-12(17(25)27)16(26)24-6-1-2-10(9-24)15-20-22-23-21-15/h3-4,8,10,12H,1-2,5-7,9H2,(H,20,21,22,23). The topological polar surface area (TPSA) is 95.1 Å². The van der Waals surface area contributed by atoms with Gasteiger partial charge in [0.1, 0.15) is 5.92 Å². The van der Waals surface area contributed by atoms with E-state index in [4.69, 9.17) is 0 Å². The molecule has 2 unspecified atom stereocenters. The molecule has 10 heteroatoms. The summed E-state index contributed by atoms with van der Waals surface area (Å²) in [4.78, 5) is 28.6. The minimum absolute atomic E-state index is 0.0137. The number of nitrogens with zero attached hydrogens (tertiary/aromatic N) is 5. The molecule has 2 atom stereocenters. The largest absolute Gasteiger partial charge is 0.341 e. The van der Waals surface area contributed by atoms with E-state index in [0.29, 0.717) is 31.9 Å². The lowest BCUT2D eigenvalue weighted by Crippen LogP contribution is -2.44. The molecule has 2 amide bonds. The van der Waals surface area contributed by atoms with Crippen LogP contribution in [0.15, 0.2) is 18.2 Å². The molecule has 142 valence electrons. The normalized spacial score (nSPS) is 23.1. The Morgan fingerprint density at radius 1 is 1.19 bits per heavy atom. The van der Waals surface area contributed by atoms with Crippen molar-refractivity contribution in [2.24, 2.45) is 5.92 Å². The Balaban J connectivity index is 1.46. The van der Waals surface area contributed by atoms with Crippen molar-refractivity contribution in [1.82, 2.24) is 25.5 Å². The van der Waals surface area contributed by atoms with Gasteiger partial charge in [0.2, 0.25) is 11.8 Å². The highest BCUT2D eigenvalue weighted by Crippen LogP contribution is 2.30. The number of piperidine rings is 1. The molecule has 2 aliphatic heterocycles.